The molecule has 0 atom stereocenters. The Morgan fingerprint density at radius 1 is 1.38 bits per heavy atom. The molecule has 1 amide bonds. The Morgan fingerprint density at radius 3 is 2.83 bits per heavy atom. The minimum atomic E-state index is -0.0985. The lowest BCUT2D eigenvalue weighted by atomic mass is 10.3. The number of carbonyl (C=O) groups excluding carboxylic acids is 1. The van der Waals surface area contributed by atoms with Gasteiger partial charge in [-0.05, 0) is 31.2 Å². The summed E-state index contributed by atoms with van der Waals surface area (Å²) in [5.74, 6) is 0.969. The lowest BCUT2D eigenvalue weighted by Gasteiger charge is -2.08. The normalized spacial score (nSPS) is 10.6. The van der Waals surface area contributed by atoms with Crippen LogP contribution < -0.4 is 10.1 Å². The average Bonchev–Trinajstić information content (AvgIpc) is 3.22. The molecule has 2 aromatic heterocycles. The van der Waals surface area contributed by atoms with Gasteiger partial charge in [-0.25, -0.2) is 9.97 Å². The van der Waals surface area contributed by atoms with Gasteiger partial charge < -0.3 is 10.1 Å². The van der Waals surface area contributed by atoms with E-state index in [0.29, 0.717) is 5.13 Å². The third kappa shape index (κ3) is 3.95. The molecular weight excluding hydrogens is 344 g/mol. The number of aryl methyl sites for hydroxylation is 1. The number of amides is 1. The van der Waals surface area contributed by atoms with Crippen molar-refractivity contribution in [2.45, 2.75) is 12.1 Å². The predicted octanol–water partition coefficient (Wildman–Crippen LogP) is 3.38. The van der Waals surface area contributed by atoms with Crippen molar-refractivity contribution in [2.24, 2.45) is 0 Å². The fraction of sp³-hybridized carbons (Fsp3) is 0.188. The van der Waals surface area contributed by atoms with Crippen molar-refractivity contribution < 1.29 is 9.53 Å². The van der Waals surface area contributed by atoms with Crippen LogP contribution in [0.25, 0.3) is 5.69 Å². The first-order valence-electron chi connectivity index (χ1n) is 7.18. The van der Waals surface area contributed by atoms with Gasteiger partial charge in [0.1, 0.15) is 5.75 Å². The number of rotatable bonds is 6. The van der Waals surface area contributed by atoms with Gasteiger partial charge in [0.25, 0.3) is 0 Å². The Morgan fingerprint density at radius 2 is 2.17 bits per heavy atom. The largest absolute Gasteiger partial charge is 0.497 e. The highest BCUT2D eigenvalue weighted by Crippen LogP contribution is 2.23. The molecule has 1 aromatic carbocycles. The van der Waals surface area contributed by atoms with E-state index in [2.05, 4.69) is 15.3 Å². The van der Waals surface area contributed by atoms with Crippen LogP contribution in [0.2, 0.25) is 0 Å². The molecule has 0 unspecified atom stereocenters. The molecule has 1 N–H and O–H groups in total. The smallest absolute Gasteiger partial charge is 0.236 e. The van der Waals surface area contributed by atoms with Gasteiger partial charge in [0.05, 0.1) is 18.6 Å². The average molecular weight is 360 g/mol. The first-order chi connectivity index (χ1) is 11.7. The Bertz CT molecular complexity index is 827. The summed E-state index contributed by atoms with van der Waals surface area (Å²) in [6, 6.07) is 7.68. The van der Waals surface area contributed by atoms with Gasteiger partial charge in [0, 0.05) is 23.5 Å². The number of aromatic nitrogens is 3. The van der Waals surface area contributed by atoms with E-state index in [1.54, 1.807) is 13.3 Å². The van der Waals surface area contributed by atoms with Crippen molar-refractivity contribution in [2.75, 3.05) is 18.2 Å². The van der Waals surface area contributed by atoms with Crippen molar-refractivity contribution in [3.05, 3.63) is 47.7 Å². The maximum absolute atomic E-state index is 12.0. The molecule has 0 fully saturated rings. The first-order valence-corrected chi connectivity index (χ1v) is 9.05. The maximum Gasteiger partial charge on any atom is 0.236 e. The number of ether oxygens (including phenoxy) is 1. The number of carbonyl (C=O) groups is 1. The summed E-state index contributed by atoms with van der Waals surface area (Å²) >= 11 is 2.80. The molecule has 0 bridgehead atoms. The summed E-state index contributed by atoms with van der Waals surface area (Å²) in [6.07, 6.45) is 3.58. The minimum absolute atomic E-state index is 0.0985. The second-order valence-corrected chi connectivity index (χ2v) is 6.71. The van der Waals surface area contributed by atoms with Crippen LogP contribution >= 0.6 is 23.1 Å². The van der Waals surface area contributed by atoms with E-state index < -0.39 is 0 Å². The number of nitrogens with one attached hydrogen (secondary N) is 1. The molecule has 124 valence electrons. The number of nitrogens with zero attached hydrogens (tertiary/aromatic N) is 3. The van der Waals surface area contributed by atoms with Crippen LogP contribution in [0.15, 0.2) is 47.2 Å². The van der Waals surface area contributed by atoms with E-state index in [0.717, 1.165) is 22.3 Å². The van der Waals surface area contributed by atoms with Crippen LogP contribution in [-0.4, -0.2) is 33.3 Å². The molecule has 0 saturated carbocycles. The molecule has 8 heteroatoms. The Kier molecular flexibility index (Phi) is 5.17. The number of benzene rings is 1. The standard InChI is InChI=1S/C16H16N4O2S2/c1-11-9-23-15(18-11)19-14(21)10-24-16-17-7-8-20(16)12-3-5-13(22-2)6-4-12/h3-9H,10H2,1-2H3,(H,18,19,21). The third-order valence-electron chi connectivity index (χ3n) is 3.16. The predicted molar refractivity (Wildman–Crippen MR) is 96.3 cm³/mol. The summed E-state index contributed by atoms with van der Waals surface area (Å²) in [7, 11) is 1.63. The Balaban J connectivity index is 1.63. The molecule has 0 saturated heterocycles. The van der Waals surface area contributed by atoms with Crippen LogP contribution in [0, 0.1) is 6.92 Å². The molecule has 0 aliphatic heterocycles. The monoisotopic (exact) mass is 360 g/mol. The highest BCUT2D eigenvalue weighted by molar-refractivity contribution is 7.99. The van der Waals surface area contributed by atoms with Gasteiger partial charge in [0.15, 0.2) is 10.3 Å². The highest BCUT2D eigenvalue weighted by atomic mass is 32.2. The zero-order valence-corrected chi connectivity index (χ0v) is 14.9. The van der Waals surface area contributed by atoms with E-state index in [4.69, 9.17) is 4.74 Å². The second kappa shape index (κ2) is 7.50. The molecule has 0 aliphatic rings. The summed E-state index contributed by atoms with van der Waals surface area (Å²) < 4.78 is 7.10. The van der Waals surface area contributed by atoms with E-state index >= 15 is 0 Å². The van der Waals surface area contributed by atoms with Gasteiger partial charge in [-0.15, -0.1) is 11.3 Å². The van der Waals surface area contributed by atoms with Gasteiger partial charge in [0.2, 0.25) is 5.91 Å². The minimum Gasteiger partial charge on any atom is -0.497 e. The number of imidazole rings is 1. The summed E-state index contributed by atoms with van der Waals surface area (Å²) in [5, 5.41) is 6.07. The third-order valence-corrected chi connectivity index (χ3v) is 5.00. The van der Waals surface area contributed by atoms with Crippen LogP contribution in [0.5, 0.6) is 5.75 Å². The molecule has 2 heterocycles. The maximum atomic E-state index is 12.0. The van der Waals surface area contributed by atoms with E-state index in [1.807, 2.05) is 47.3 Å². The first kappa shape index (κ1) is 16.5. The molecule has 0 radical (unpaired) electrons. The van der Waals surface area contributed by atoms with E-state index in [-0.39, 0.29) is 11.7 Å². The lowest BCUT2D eigenvalue weighted by Crippen LogP contribution is -2.14. The number of thiazole rings is 1. The lowest BCUT2D eigenvalue weighted by molar-refractivity contribution is -0.113. The number of thioether (sulfide) groups is 1. The summed E-state index contributed by atoms with van der Waals surface area (Å²) in [4.78, 5) is 20.6. The molecule has 0 spiro atoms. The van der Waals surface area contributed by atoms with Crippen molar-refractivity contribution in [3.63, 3.8) is 0 Å². The number of anilines is 1. The summed E-state index contributed by atoms with van der Waals surface area (Å²) in [6.45, 7) is 1.90. The van der Waals surface area contributed by atoms with Crippen LogP contribution in [0.1, 0.15) is 5.69 Å². The number of hydrogen-bond acceptors (Lipinski definition) is 6. The molecular formula is C16H16N4O2S2. The van der Waals surface area contributed by atoms with Crippen molar-refractivity contribution in [1.29, 1.82) is 0 Å². The van der Waals surface area contributed by atoms with Crippen LogP contribution in [0.3, 0.4) is 0 Å². The van der Waals surface area contributed by atoms with Gasteiger partial charge in [-0.1, -0.05) is 11.8 Å². The fourth-order valence-electron chi connectivity index (χ4n) is 2.03. The topological polar surface area (TPSA) is 69.0 Å². The van der Waals surface area contributed by atoms with Crippen molar-refractivity contribution >= 4 is 34.1 Å². The molecule has 3 rings (SSSR count). The molecule has 24 heavy (non-hydrogen) atoms. The fourth-order valence-corrected chi connectivity index (χ4v) is 3.51. The summed E-state index contributed by atoms with van der Waals surface area (Å²) in [5.41, 5.74) is 1.87. The van der Waals surface area contributed by atoms with Crippen LogP contribution in [0.4, 0.5) is 5.13 Å². The van der Waals surface area contributed by atoms with Crippen molar-refractivity contribution in [1.82, 2.24) is 14.5 Å². The SMILES string of the molecule is COc1ccc(-n2ccnc2SCC(=O)Nc2nc(C)cs2)cc1. The number of methoxy groups -OCH3 is 1. The van der Waals surface area contributed by atoms with Gasteiger partial charge in [-0.2, -0.15) is 0 Å². The van der Waals surface area contributed by atoms with Crippen molar-refractivity contribution in [3.8, 4) is 11.4 Å². The van der Waals surface area contributed by atoms with Crippen LogP contribution in [-0.2, 0) is 4.79 Å². The zero-order chi connectivity index (χ0) is 16.9. The number of hydrogen-bond donors (Lipinski definition) is 1. The van der Waals surface area contributed by atoms with Gasteiger partial charge in [-0.3, -0.25) is 9.36 Å². The zero-order valence-electron chi connectivity index (χ0n) is 13.2. The Hall–Kier alpha value is -2.32. The second-order valence-electron chi connectivity index (χ2n) is 4.91. The van der Waals surface area contributed by atoms with E-state index in [1.165, 1.54) is 23.1 Å². The molecule has 3 aromatic rings. The Labute approximate surface area is 147 Å². The van der Waals surface area contributed by atoms with E-state index in [9.17, 15) is 4.79 Å². The quantitative estimate of drug-likeness (QED) is 0.683. The molecule has 0 aliphatic carbocycles. The van der Waals surface area contributed by atoms with Gasteiger partial charge >= 0.3 is 0 Å². The molecule has 6 nitrogen and oxygen atoms in total. The highest BCUT2D eigenvalue weighted by Gasteiger charge is 2.10.